The molecule has 0 amide bonds. The highest BCUT2D eigenvalue weighted by atomic mass is 35.5. The Morgan fingerprint density at radius 1 is 1.47 bits per heavy atom. The van der Waals surface area contributed by atoms with Crippen LogP contribution in [0.2, 0.25) is 5.02 Å². The summed E-state index contributed by atoms with van der Waals surface area (Å²) < 4.78 is 5.89. The molecule has 2 rings (SSSR count). The maximum absolute atomic E-state index is 10.6. The Morgan fingerprint density at radius 3 is 3.00 bits per heavy atom. The Bertz CT molecular complexity index is 520. The molecule has 4 heteroatoms. The van der Waals surface area contributed by atoms with E-state index in [9.17, 15) is 4.79 Å². The number of benzene rings is 1. The molecule has 0 radical (unpaired) electrons. The van der Waals surface area contributed by atoms with Crippen molar-refractivity contribution in [1.29, 1.82) is 0 Å². The zero-order valence-corrected chi connectivity index (χ0v) is 11.1. The number of halogens is 1. The van der Waals surface area contributed by atoms with E-state index in [0.717, 1.165) is 25.3 Å². The quantitative estimate of drug-likeness (QED) is 0.670. The average Bonchev–Trinajstić information content (AvgIpc) is 2.40. The summed E-state index contributed by atoms with van der Waals surface area (Å²) in [7, 11) is 0. The number of carboxylic acid groups (broad SMARTS) is 1. The van der Waals surface area contributed by atoms with Crippen molar-refractivity contribution in [2.45, 2.75) is 25.4 Å². The van der Waals surface area contributed by atoms with Gasteiger partial charge in [0.25, 0.3) is 0 Å². The molecule has 0 saturated carbocycles. The molecule has 0 aliphatic heterocycles. The molecule has 1 N–H and O–H groups in total. The van der Waals surface area contributed by atoms with E-state index >= 15 is 0 Å². The van der Waals surface area contributed by atoms with Crippen LogP contribution in [0.3, 0.4) is 0 Å². The SMILES string of the molecule is O=C(O)/C=C/c1cccc(Cl)c1OC1C=CCCC1. The molecular weight excluding hydrogens is 264 g/mol. The minimum Gasteiger partial charge on any atom is -0.484 e. The van der Waals surface area contributed by atoms with Gasteiger partial charge < -0.3 is 9.84 Å². The van der Waals surface area contributed by atoms with Gasteiger partial charge in [-0.3, -0.25) is 0 Å². The summed E-state index contributed by atoms with van der Waals surface area (Å²) in [5.74, 6) is -0.457. The van der Waals surface area contributed by atoms with E-state index in [4.69, 9.17) is 21.4 Å². The molecule has 1 atom stereocenters. The molecule has 0 spiro atoms. The summed E-state index contributed by atoms with van der Waals surface area (Å²) in [6.07, 6.45) is 9.82. The third kappa shape index (κ3) is 3.86. The molecule has 0 bridgehead atoms. The van der Waals surface area contributed by atoms with Crippen LogP contribution in [0, 0.1) is 0 Å². The van der Waals surface area contributed by atoms with E-state index in [1.807, 2.05) is 6.08 Å². The molecule has 0 heterocycles. The second-order valence-corrected chi connectivity index (χ2v) is 4.75. The lowest BCUT2D eigenvalue weighted by atomic mass is 10.1. The van der Waals surface area contributed by atoms with E-state index < -0.39 is 5.97 Å². The van der Waals surface area contributed by atoms with Crippen molar-refractivity contribution in [3.05, 3.63) is 47.0 Å². The molecule has 19 heavy (non-hydrogen) atoms. The van der Waals surface area contributed by atoms with Crippen LogP contribution in [0.15, 0.2) is 36.4 Å². The van der Waals surface area contributed by atoms with Crippen molar-refractivity contribution >= 4 is 23.6 Å². The number of ether oxygens (including phenoxy) is 1. The molecule has 1 aromatic rings. The van der Waals surface area contributed by atoms with Crippen LogP contribution in [0.25, 0.3) is 6.08 Å². The van der Waals surface area contributed by atoms with Gasteiger partial charge in [0.15, 0.2) is 0 Å². The highest BCUT2D eigenvalue weighted by molar-refractivity contribution is 6.32. The van der Waals surface area contributed by atoms with Crippen molar-refractivity contribution in [2.24, 2.45) is 0 Å². The Balaban J connectivity index is 2.24. The maximum Gasteiger partial charge on any atom is 0.328 e. The zero-order valence-electron chi connectivity index (χ0n) is 10.4. The number of carboxylic acids is 1. The Labute approximate surface area is 117 Å². The van der Waals surface area contributed by atoms with Gasteiger partial charge >= 0.3 is 5.97 Å². The Kier molecular flexibility index (Phi) is 4.63. The van der Waals surface area contributed by atoms with E-state index in [2.05, 4.69) is 6.08 Å². The predicted octanol–water partition coefficient (Wildman–Crippen LogP) is 3.93. The monoisotopic (exact) mass is 278 g/mol. The predicted molar refractivity (Wildman–Crippen MR) is 75.5 cm³/mol. The van der Waals surface area contributed by atoms with Crippen LogP contribution in [-0.4, -0.2) is 17.2 Å². The first kappa shape index (κ1) is 13.7. The summed E-state index contributed by atoms with van der Waals surface area (Å²) in [6, 6.07) is 5.29. The number of aliphatic carboxylic acids is 1. The first-order valence-electron chi connectivity index (χ1n) is 6.19. The molecule has 1 aromatic carbocycles. The Morgan fingerprint density at radius 2 is 2.32 bits per heavy atom. The fourth-order valence-corrected chi connectivity index (χ4v) is 2.20. The van der Waals surface area contributed by atoms with Gasteiger partial charge in [-0.2, -0.15) is 0 Å². The lowest BCUT2D eigenvalue weighted by Crippen LogP contribution is -2.16. The van der Waals surface area contributed by atoms with Gasteiger partial charge in [-0.25, -0.2) is 4.79 Å². The summed E-state index contributed by atoms with van der Waals surface area (Å²) in [6.45, 7) is 0. The lowest BCUT2D eigenvalue weighted by molar-refractivity contribution is -0.131. The second-order valence-electron chi connectivity index (χ2n) is 4.35. The van der Waals surface area contributed by atoms with Crippen molar-refractivity contribution in [1.82, 2.24) is 0 Å². The van der Waals surface area contributed by atoms with E-state index in [1.165, 1.54) is 6.08 Å². The van der Waals surface area contributed by atoms with Crippen LogP contribution >= 0.6 is 11.6 Å². The highest BCUT2D eigenvalue weighted by Gasteiger charge is 2.14. The smallest absolute Gasteiger partial charge is 0.328 e. The van der Waals surface area contributed by atoms with Crippen LogP contribution in [0.1, 0.15) is 24.8 Å². The molecule has 0 aromatic heterocycles. The molecule has 100 valence electrons. The maximum atomic E-state index is 10.6. The Hall–Kier alpha value is -1.74. The summed E-state index contributed by atoms with van der Waals surface area (Å²) in [4.78, 5) is 10.6. The number of allylic oxidation sites excluding steroid dienone is 1. The zero-order chi connectivity index (χ0) is 13.7. The lowest BCUT2D eigenvalue weighted by Gasteiger charge is -2.20. The van der Waals surface area contributed by atoms with Crippen molar-refractivity contribution in [3.63, 3.8) is 0 Å². The van der Waals surface area contributed by atoms with Crippen LogP contribution in [0.5, 0.6) is 5.75 Å². The topological polar surface area (TPSA) is 46.5 Å². The van der Waals surface area contributed by atoms with Gasteiger partial charge in [-0.15, -0.1) is 0 Å². The number of rotatable bonds is 4. The van der Waals surface area contributed by atoms with Crippen LogP contribution in [-0.2, 0) is 4.79 Å². The third-order valence-electron chi connectivity index (χ3n) is 2.88. The minimum atomic E-state index is -0.997. The first-order valence-corrected chi connectivity index (χ1v) is 6.57. The third-order valence-corrected chi connectivity index (χ3v) is 3.18. The van der Waals surface area contributed by atoms with Crippen LogP contribution < -0.4 is 4.74 Å². The van der Waals surface area contributed by atoms with E-state index in [0.29, 0.717) is 16.3 Å². The molecular formula is C15H15ClO3. The van der Waals surface area contributed by atoms with Gasteiger partial charge in [-0.05, 0) is 37.5 Å². The summed E-state index contributed by atoms with van der Waals surface area (Å²) in [5.41, 5.74) is 0.675. The molecule has 1 aliphatic rings. The minimum absolute atomic E-state index is 0.00521. The fourth-order valence-electron chi connectivity index (χ4n) is 1.97. The second kappa shape index (κ2) is 6.43. The standard InChI is InChI=1S/C15H15ClO3/c16-13-8-4-5-11(9-10-14(17)18)15(13)19-12-6-2-1-3-7-12/h2,4-6,8-10,12H,1,3,7H2,(H,17,18)/b10-9+. The highest BCUT2D eigenvalue weighted by Crippen LogP contribution is 2.32. The van der Waals surface area contributed by atoms with E-state index in [1.54, 1.807) is 18.2 Å². The first-order chi connectivity index (χ1) is 9.16. The number of hydrogen-bond acceptors (Lipinski definition) is 2. The van der Waals surface area contributed by atoms with Gasteiger partial charge in [0.1, 0.15) is 11.9 Å². The van der Waals surface area contributed by atoms with Crippen molar-refractivity contribution in [2.75, 3.05) is 0 Å². The molecule has 3 nitrogen and oxygen atoms in total. The van der Waals surface area contributed by atoms with E-state index in [-0.39, 0.29) is 6.10 Å². The van der Waals surface area contributed by atoms with Gasteiger partial charge in [0.05, 0.1) is 5.02 Å². The fraction of sp³-hybridized carbons (Fsp3) is 0.267. The largest absolute Gasteiger partial charge is 0.484 e. The molecule has 0 saturated heterocycles. The van der Waals surface area contributed by atoms with Crippen molar-refractivity contribution < 1.29 is 14.6 Å². The summed E-state index contributed by atoms with van der Waals surface area (Å²) in [5, 5.41) is 9.18. The van der Waals surface area contributed by atoms with Gasteiger partial charge in [0.2, 0.25) is 0 Å². The normalized spacial score (nSPS) is 18.7. The van der Waals surface area contributed by atoms with Crippen molar-refractivity contribution in [3.8, 4) is 5.75 Å². The van der Waals surface area contributed by atoms with Crippen LogP contribution in [0.4, 0.5) is 0 Å². The summed E-state index contributed by atoms with van der Waals surface area (Å²) >= 11 is 6.13. The van der Waals surface area contributed by atoms with Gasteiger partial charge in [0, 0.05) is 11.6 Å². The molecule has 0 fully saturated rings. The van der Waals surface area contributed by atoms with Gasteiger partial charge in [-0.1, -0.05) is 29.8 Å². The number of para-hydroxylation sites is 1. The molecule has 1 aliphatic carbocycles. The number of hydrogen-bond donors (Lipinski definition) is 1. The average molecular weight is 279 g/mol. The molecule has 1 unspecified atom stereocenters. The number of carbonyl (C=O) groups is 1.